The lowest BCUT2D eigenvalue weighted by Gasteiger charge is -2.41. The molecule has 2 bridgehead atoms. The number of Topliss-reactive ketones (excluding diaryl/α,β-unsaturated/α-hetero) is 1. The number of thiazole rings is 1. The smallest absolute Gasteiger partial charge is 0.306 e. The number of ether oxygens (including phenoxy) is 1. The molecule has 0 spiro atoms. The van der Waals surface area contributed by atoms with Crippen LogP contribution in [-0.4, -0.2) is 87.7 Å². The number of esters is 1. The van der Waals surface area contributed by atoms with Crippen molar-refractivity contribution in [3.63, 3.8) is 0 Å². The van der Waals surface area contributed by atoms with E-state index < -0.39 is 41.4 Å². The Labute approximate surface area is 325 Å². The van der Waals surface area contributed by atoms with Crippen LogP contribution in [0.5, 0.6) is 0 Å². The quantitative estimate of drug-likeness (QED) is 0.130. The van der Waals surface area contributed by atoms with Crippen molar-refractivity contribution in [1.82, 2.24) is 20.1 Å². The summed E-state index contributed by atoms with van der Waals surface area (Å²) in [5, 5.41) is 14.7. The van der Waals surface area contributed by atoms with E-state index in [1.807, 2.05) is 72.9 Å². The van der Waals surface area contributed by atoms with Gasteiger partial charge < -0.3 is 20.1 Å². The zero-order valence-electron chi connectivity index (χ0n) is 33.7. The number of carbonyl (C=O) groups is 5. The second-order valence-electron chi connectivity index (χ2n) is 16.4. The average Bonchev–Trinajstić information content (AvgIpc) is 3.82. The predicted molar refractivity (Wildman–Crippen MR) is 210 cm³/mol. The van der Waals surface area contributed by atoms with Crippen molar-refractivity contribution in [2.24, 2.45) is 29.6 Å². The third-order valence-electron chi connectivity index (χ3n) is 11.9. The van der Waals surface area contributed by atoms with Crippen LogP contribution in [0.1, 0.15) is 126 Å². The third-order valence-corrected chi connectivity index (χ3v) is 12.9. The minimum atomic E-state index is -0.936. The third kappa shape index (κ3) is 10.4. The molecule has 11 nitrogen and oxygen atoms in total. The number of rotatable bonds is 21. The molecular weight excluding hydrogens is 705 g/mol. The number of aliphatic carboxylic acids is 1. The maximum Gasteiger partial charge on any atom is 0.306 e. The lowest BCUT2D eigenvalue weighted by atomic mass is 9.68. The highest BCUT2D eigenvalue weighted by Crippen LogP contribution is 2.51. The fourth-order valence-corrected chi connectivity index (χ4v) is 9.06. The van der Waals surface area contributed by atoms with Crippen LogP contribution in [0.3, 0.4) is 0 Å². The first kappa shape index (κ1) is 43.1. The van der Waals surface area contributed by atoms with E-state index in [1.54, 1.807) is 24.3 Å². The number of ketones is 1. The highest BCUT2D eigenvalue weighted by molar-refractivity contribution is 7.09. The molecule has 6 atom stereocenters. The molecule has 3 heterocycles. The highest BCUT2D eigenvalue weighted by atomic mass is 32.1. The summed E-state index contributed by atoms with van der Waals surface area (Å²) in [6.07, 6.45) is 3.69. The largest absolute Gasteiger partial charge is 0.481 e. The van der Waals surface area contributed by atoms with Crippen LogP contribution in [0.25, 0.3) is 0 Å². The maximum atomic E-state index is 14.4. The Bertz CT molecular complexity index is 1620. The first-order valence-electron chi connectivity index (χ1n) is 19.7. The molecule has 2 N–H and O–H groups in total. The van der Waals surface area contributed by atoms with E-state index in [-0.39, 0.29) is 66.9 Å². The van der Waals surface area contributed by atoms with E-state index in [2.05, 4.69) is 15.2 Å². The Morgan fingerprint density at radius 3 is 2.30 bits per heavy atom. The van der Waals surface area contributed by atoms with Crippen LogP contribution in [0.15, 0.2) is 29.6 Å². The van der Waals surface area contributed by atoms with E-state index in [4.69, 9.17) is 4.74 Å². The molecule has 5 rings (SSSR count). The molecule has 1 aromatic carbocycles. The summed E-state index contributed by atoms with van der Waals surface area (Å²) in [6, 6.07) is 7.11. The summed E-state index contributed by atoms with van der Waals surface area (Å²) in [5.74, 6) is -2.28. The number of benzene rings is 1. The molecule has 0 radical (unpaired) electrons. The summed E-state index contributed by atoms with van der Waals surface area (Å²) in [7, 11) is 3.80. The summed E-state index contributed by atoms with van der Waals surface area (Å²) in [4.78, 5) is 75.1. The average molecular weight is 767 g/mol. The zero-order chi connectivity index (χ0) is 39.9. The Morgan fingerprint density at radius 2 is 1.74 bits per heavy atom. The lowest BCUT2D eigenvalue weighted by Crippen LogP contribution is -2.53. The second-order valence-corrected chi connectivity index (χ2v) is 17.3. The van der Waals surface area contributed by atoms with Gasteiger partial charge in [-0.15, -0.1) is 11.3 Å². The topological polar surface area (TPSA) is 146 Å². The Kier molecular flexibility index (Phi) is 15.0. The van der Waals surface area contributed by atoms with Crippen molar-refractivity contribution in [2.75, 3.05) is 20.6 Å². The van der Waals surface area contributed by atoms with Crippen molar-refractivity contribution in [1.29, 1.82) is 0 Å². The van der Waals surface area contributed by atoms with Gasteiger partial charge in [0.05, 0.1) is 11.5 Å². The molecule has 1 aliphatic carbocycles. The molecule has 298 valence electrons. The van der Waals surface area contributed by atoms with Crippen LogP contribution < -0.4 is 5.32 Å². The number of aromatic nitrogens is 1. The van der Waals surface area contributed by atoms with Crippen molar-refractivity contribution < 1.29 is 33.8 Å². The van der Waals surface area contributed by atoms with Gasteiger partial charge in [-0.25, -0.2) is 4.98 Å². The minimum absolute atomic E-state index is 0.00206. The Hall–Kier alpha value is -3.64. The lowest BCUT2D eigenvalue weighted by molar-refractivity contribution is -0.152. The molecule has 3 aliphatic rings. The molecule has 12 heteroatoms. The van der Waals surface area contributed by atoms with Gasteiger partial charge in [0.1, 0.15) is 10.7 Å². The van der Waals surface area contributed by atoms with Gasteiger partial charge in [-0.3, -0.25) is 28.9 Å². The van der Waals surface area contributed by atoms with Crippen molar-refractivity contribution in [3.05, 3.63) is 51.5 Å². The van der Waals surface area contributed by atoms with E-state index in [0.29, 0.717) is 23.8 Å². The number of fused-ring (bicyclic) bond motifs is 1. The summed E-state index contributed by atoms with van der Waals surface area (Å²) < 4.78 is 6.04. The summed E-state index contributed by atoms with van der Waals surface area (Å²) >= 11 is 1.22. The minimum Gasteiger partial charge on any atom is -0.481 e. The van der Waals surface area contributed by atoms with E-state index in [9.17, 15) is 29.1 Å². The highest BCUT2D eigenvalue weighted by Gasteiger charge is 2.59. The van der Waals surface area contributed by atoms with Crippen LogP contribution >= 0.6 is 11.3 Å². The van der Waals surface area contributed by atoms with Crippen LogP contribution in [0.4, 0.5) is 0 Å². The molecule has 2 amide bonds. The number of hydrogen-bond acceptors (Lipinski definition) is 9. The summed E-state index contributed by atoms with van der Waals surface area (Å²) in [5.41, 5.74) is 1.80. The van der Waals surface area contributed by atoms with Crippen molar-refractivity contribution in [2.45, 2.75) is 130 Å². The molecule has 1 aromatic heterocycles. The number of aryl methyl sites for hydroxylation is 1. The first-order chi connectivity index (χ1) is 25.5. The molecule has 2 saturated heterocycles. The van der Waals surface area contributed by atoms with E-state index >= 15 is 0 Å². The molecule has 3 fully saturated rings. The van der Waals surface area contributed by atoms with E-state index in [1.165, 1.54) is 11.3 Å². The molecule has 1 saturated carbocycles. The number of nitrogens with zero attached hydrogens (tertiary/aromatic N) is 3. The van der Waals surface area contributed by atoms with E-state index in [0.717, 1.165) is 36.9 Å². The maximum absolute atomic E-state index is 14.4. The second kappa shape index (κ2) is 18.8. The number of likely N-dealkylation sites (N-methyl/N-ethyl adjacent to an activating group) is 1. The molecule has 2 aromatic rings. The van der Waals surface area contributed by atoms with Gasteiger partial charge in [0, 0.05) is 56.2 Å². The zero-order valence-corrected chi connectivity index (χ0v) is 34.5. The van der Waals surface area contributed by atoms with Gasteiger partial charge in [0.2, 0.25) is 5.91 Å². The number of nitrogens with one attached hydrogen (secondary N) is 1. The van der Waals surface area contributed by atoms with Crippen LogP contribution in [-0.2, 0) is 30.3 Å². The van der Waals surface area contributed by atoms with Gasteiger partial charge >= 0.3 is 11.9 Å². The van der Waals surface area contributed by atoms with Gasteiger partial charge in [0.25, 0.3) is 5.91 Å². The van der Waals surface area contributed by atoms with Gasteiger partial charge in [-0.2, -0.15) is 0 Å². The van der Waals surface area contributed by atoms with Crippen LogP contribution in [0.2, 0.25) is 0 Å². The number of amides is 2. The van der Waals surface area contributed by atoms with Gasteiger partial charge in [-0.05, 0) is 69.4 Å². The molecular formula is C42H62N4O7S. The van der Waals surface area contributed by atoms with Crippen molar-refractivity contribution in [3.8, 4) is 0 Å². The Morgan fingerprint density at radius 1 is 1.07 bits per heavy atom. The normalized spacial score (nSPS) is 21.3. The molecule has 54 heavy (non-hydrogen) atoms. The SMILES string of the molecule is CCCC(=O)O[C@H](C[C@H](C(C)C)N(C)C(=O)[C@@H](CC(=O)C12CC(CN1C)C2)[C@@H](C)CC)c1nc(C(=O)N[C@@H](Cc2ccc(C)cc2)C[C@H](C)C(=O)O)cs1. The Balaban J connectivity index is 1.54. The fraction of sp³-hybridized carbons (Fsp3) is 0.667. The fourth-order valence-electron chi connectivity index (χ4n) is 8.22. The number of carboxylic acids is 1. The number of carboxylic acid groups (broad SMARTS) is 1. The monoisotopic (exact) mass is 766 g/mol. The number of carbonyl (C=O) groups excluding carboxylic acids is 4. The number of hydrogen-bond donors (Lipinski definition) is 2. The molecule has 0 unspecified atom stereocenters. The molecule has 2 aliphatic heterocycles. The summed E-state index contributed by atoms with van der Waals surface area (Å²) in [6.45, 7) is 14.6. The van der Waals surface area contributed by atoms with Gasteiger partial charge in [0.15, 0.2) is 11.9 Å². The van der Waals surface area contributed by atoms with Gasteiger partial charge in [-0.1, -0.05) is 77.8 Å². The van der Waals surface area contributed by atoms with Crippen molar-refractivity contribution >= 4 is 40.9 Å². The standard InChI is InChI=1S/C42H62N4O7S/c1-10-12-37(48)53-35(39-44-33(24-54-39)38(49)43-31(17-28(7)41(51)52)18-29-15-13-26(5)14-16-29)20-34(25(3)4)46(9)40(50)32(27(6)11-2)19-36(47)42-21-30(22-42)23-45(42)8/h13-16,24-25,27-28,30-32,34-35H,10-12,17-23H2,1-9H3,(H,43,49)(H,51,52)/t27-,28-,30?,31+,32-,34+,35+,42?/m0/s1. The van der Waals surface area contributed by atoms with Crippen LogP contribution in [0, 0.1) is 36.5 Å². The predicted octanol–water partition coefficient (Wildman–Crippen LogP) is 6.88. The first-order valence-corrected chi connectivity index (χ1v) is 20.6.